The fraction of sp³-hybridized carbons (Fsp3) is 0. The quantitative estimate of drug-likeness (QED) is 0.535. The molecule has 5 nitrogen and oxygen atoms in total. The number of benzene rings is 2. The molecule has 0 radical (unpaired) electrons. The van der Waals surface area contributed by atoms with Crippen molar-refractivity contribution in [3.63, 3.8) is 0 Å². The van der Waals surface area contributed by atoms with Gasteiger partial charge in [-0.05, 0) is 29.8 Å². The predicted molar refractivity (Wildman–Crippen MR) is 86.4 cm³/mol. The summed E-state index contributed by atoms with van der Waals surface area (Å²) in [5.41, 5.74) is 2.24. The normalized spacial score (nSPS) is 10.9. The molecule has 0 amide bonds. The van der Waals surface area contributed by atoms with Crippen molar-refractivity contribution in [3.8, 4) is 6.07 Å². The Bertz CT molecular complexity index is 921. The van der Waals surface area contributed by atoms with Crippen LogP contribution in [0.2, 0.25) is 0 Å². The lowest BCUT2D eigenvalue weighted by Gasteiger charge is -1.92. The highest BCUT2D eigenvalue weighted by atomic mass is 32.1. The number of aromatic nitrogens is 1. The molecule has 0 bridgehead atoms. The number of nitro groups is 1. The molecule has 0 N–H and O–H groups in total. The van der Waals surface area contributed by atoms with Crippen molar-refractivity contribution in [1.29, 1.82) is 5.26 Å². The molecule has 3 aromatic rings. The van der Waals surface area contributed by atoms with Gasteiger partial charge in [-0.1, -0.05) is 18.2 Å². The first kappa shape index (κ1) is 13.9. The summed E-state index contributed by atoms with van der Waals surface area (Å²) in [7, 11) is 0. The van der Waals surface area contributed by atoms with Crippen molar-refractivity contribution < 1.29 is 4.92 Å². The van der Waals surface area contributed by atoms with Gasteiger partial charge in [0, 0.05) is 12.1 Å². The van der Waals surface area contributed by atoms with E-state index in [1.165, 1.54) is 23.5 Å². The van der Waals surface area contributed by atoms with Crippen molar-refractivity contribution in [2.45, 2.75) is 0 Å². The lowest BCUT2D eigenvalue weighted by molar-refractivity contribution is -0.384. The second-order valence-corrected chi connectivity index (χ2v) is 5.59. The Hall–Kier alpha value is -3.04. The van der Waals surface area contributed by atoms with E-state index in [9.17, 15) is 10.1 Å². The first-order valence-corrected chi connectivity index (χ1v) is 7.20. The Morgan fingerprint density at radius 1 is 1.18 bits per heavy atom. The van der Waals surface area contributed by atoms with E-state index in [1.54, 1.807) is 18.2 Å². The first-order valence-electron chi connectivity index (χ1n) is 6.39. The van der Waals surface area contributed by atoms with Gasteiger partial charge in [0.2, 0.25) is 0 Å². The van der Waals surface area contributed by atoms with Crippen LogP contribution in [0.15, 0.2) is 42.5 Å². The van der Waals surface area contributed by atoms with Gasteiger partial charge in [0.25, 0.3) is 5.69 Å². The van der Waals surface area contributed by atoms with Gasteiger partial charge in [0.1, 0.15) is 5.01 Å². The van der Waals surface area contributed by atoms with Crippen LogP contribution < -0.4 is 0 Å². The van der Waals surface area contributed by atoms with E-state index in [-0.39, 0.29) is 5.69 Å². The summed E-state index contributed by atoms with van der Waals surface area (Å²) >= 11 is 1.47. The van der Waals surface area contributed by atoms with E-state index in [0.717, 1.165) is 15.3 Å². The van der Waals surface area contributed by atoms with Crippen LogP contribution in [0.3, 0.4) is 0 Å². The Morgan fingerprint density at radius 3 is 2.64 bits per heavy atom. The van der Waals surface area contributed by atoms with E-state index >= 15 is 0 Å². The molecular weight excluding hydrogens is 298 g/mol. The zero-order chi connectivity index (χ0) is 15.5. The smallest absolute Gasteiger partial charge is 0.258 e. The molecule has 3 rings (SSSR count). The Balaban J connectivity index is 1.88. The van der Waals surface area contributed by atoms with Gasteiger partial charge in [-0.15, -0.1) is 11.3 Å². The molecule has 22 heavy (non-hydrogen) atoms. The van der Waals surface area contributed by atoms with E-state index in [4.69, 9.17) is 5.26 Å². The summed E-state index contributed by atoms with van der Waals surface area (Å²) in [5.74, 6) is 0. The minimum absolute atomic E-state index is 0.0421. The summed E-state index contributed by atoms with van der Waals surface area (Å²) < 4.78 is 0.907. The number of non-ortho nitro benzene ring substituents is 1. The highest BCUT2D eigenvalue weighted by molar-refractivity contribution is 7.19. The van der Waals surface area contributed by atoms with Crippen LogP contribution in [0.5, 0.6) is 0 Å². The van der Waals surface area contributed by atoms with Crippen molar-refractivity contribution >= 4 is 39.4 Å². The second-order valence-electron chi connectivity index (χ2n) is 4.53. The van der Waals surface area contributed by atoms with Gasteiger partial charge in [0.05, 0.1) is 26.8 Å². The average molecular weight is 307 g/mol. The summed E-state index contributed by atoms with van der Waals surface area (Å²) in [6.07, 6.45) is 3.76. The van der Waals surface area contributed by atoms with Crippen molar-refractivity contribution in [3.05, 3.63) is 68.7 Å². The van der Waals surface area contributed by atoms with E-state index < -0.39 is 4.92 Å². The predicted octanol–water partition coefficient (Wildman–Crippen LogP) is 4.25. The third-order valence-corrected chi connectivity index (χ3v) is 4.06. The topological polar surface area (TPSA) is 79.8 Å². The number of thiazole rings is 1. The van der Waals surface area contributed by atoms with Gasteiger partial charge in [-0.25, -0.2) is 4.98 Å². The molecule has 0 atom stereocenters. The van der Waals surface area contributed by atoms with Crippen LogP contribution >= 0.6 is 11.3 Å². The van der Waals surface area contributed by atoms with E-state index in [2.05, 4.69) is 11.1 Å². The molecular formula is C16H9N3O2S. The summed E-state index contributed by atoms with van der Waals surface area (Å²) in [6.45, 7) is 0. The highest BCUT2D eigenvalue weighted by Crippen LogP contribution is 2.27. The highest BCUT2D eigenvalue weighted by Gasteiger charge is 2.09. The van der Waals surface area contributed by atoms with Gasteiger partial charge in [-0.3, -0.25) is 10.1 Å². The summed E-state index contributed by atoms with van der Waals surface area (Å²) in [6, 6.07) is 14.0. The lowest BCUT2D eigenvalue weighted by atomic mass is 10.1. The maximum absolute atomic E-state index is 10.8. The summed E-state index contributed by atoms with van der Waals surface area (Å²) in [5, 5.41) is 20.3. The number of nitriles is 1. The van der Waals surface area contributed by atoms with Crippen molar-refractivity contribution in [1.82, 2.24) is 4.98 Å². The molecule has 106 valence electrons. The lowest BCUT2D eigenvalue weighted by Crippen LogP contribution is -1.86. The van der Waals surface area contributed by atoms with Crippen LogP contribution in [0.4, 0.5) is 5.69 Å². The fourth-order valence-electron chi connectivity index (χ4n) is 1.95. The molecule has 0 aliphatic rings. The van der Waals surface area contributed by atoms with Crippen LogP contribution in [0, 0.1) is 21.4 Å². The largest absolute Gasteiger partial charge is 0.271 e. The third-order valence-electron chi connectivity index (χ3n) is 3.06. The van der Waals surface area contributed by atoms with Gasteiger partial charge < -0.3 is 0 Å². The van der Waals surface area contributed by atoms with Gasteiger partial charge in [0.15, 0.2) is 0 Å². The molecule has 0 fully saturated rings. The first-order chi connectivity index (χ1) is 10.7. The molecule has 1 aromatic heterocycles. The number of fused-ring (bicyclic) bond motifs is 1. The maximum Gasteiger partial charge on any atom is 0.271 e. The van der Waals surface area contributed by atoms with Crippen molar-refractivity contribution in [2.75, 3.05) is 0 Å². The van der Waals surface area contributed by atoms with Crippen LogP contribution in [0.1, 0.15) is 16.1 Å². The molecule has 1 heterocycles. The minimum Gasteiger partial charge on any atom is -0.258 e. The van der Waals surface area contributed by atoms with Crippen LogP contribution in [0.25, 0.3) is 22.4 Å². The molecule has 0 spiro atoms. The summed E-state index contributed by atoms with van der Waals surface area (Å²) in [4.78, 5) is 14.7. The zero-order valence-electron chi connectivity index (χ0n) is 11.3. The fourth-order valence-corrected chi connectivity index (χ4v) is 2.81. The van der Waals surface area contributed by atoms with E-state index in [0.29, 0.717) is 11.1 Å². The zero-order valence-corrected chi connectivity index (χ0v) is 12.1. The standard InChI is InChI=1S/C16H9N3O2S/c17-10-12-3-1-11(2-4-12)5-8-16-18-14-9-13(19(20)21)6-7-15(14)22-16/h1-9H/b8-5+. The van der Waals surface area contributed by atoms with Crippen LogP contribution in [-0.4, -0.2) is 9.91 Å². The minimum atomic E-state index is -0.426. The average Bonchev–Trinajstić information content (AvgIpc) is 2.95. The van der Waals surface area contributed by atoms with Gasteiger partial charge >= 0.3 is 0 Å². The molecule has 0 aliphatic carbocycles. The Morgan fingerprint density at radius 2 is 1.95 bits per heavy atom. The number of hydrogen-bond donors (Lipinski definition) is 0. The number of rotatable bonds is 3. The number of hydrogen-bond acceptors (Lipinski definition) is 5. The van der Waals surface area contributed by atoms with E-state index in [1.807, 2.05) is 24.3 Å². The number of nitrogens with zero attached hydrogens (tertiary/aromatic N) is 3. The SMILES string of the molecule is N#Cc1ccc(/C=C/c2nc3cc([N+](=O)[O-])ccc3s2)cc1. The Kier molecular flexibility index (Phi) is 3.64. The molecule has 0 saturated heterocycles. The monoisotopic (exact) mass is 307 g/mol. The number of nitro benzene ring substituents is 1. The molecule has 0 saturated carbocycles. The van der Waals surface area contributed by atoms with Gasteiger partial charge in [-0.2, -0.15) is 5.26 Å². The molecule has 2 aromatic carbocycles. The molecule has 6 heteroatoms. The van der Waals surface area contributed by atoms with Crippen molar-refractivity contribution in [2.24, 2.45) is 0 Å². The molecule has 0 unspecified atom stereocenters. The molecule has 0 aliphatic heterocycles. The maximum atomic E-state index is 10.8. The Labute approximate surface area is 129 Å². The van der Waals surface area contributed by atoms with Crippen LogP contribution in [-0.2, 0) is 0 Å². The second kappa shape index (κ2) is 5.76. The third kappa shape index (κ3) is 2.85.